The van der Waals surface area contributed by atoms with Crippen molar-refractivity contribution in [3.05, 3.63) is 23.0 Å². The highest BCUT2D eigenvalue weighted by atomic mass is 16.5. The number of rotatable bonds is 5. The first-order chi connectivity index (χ1) is 11.7. The smallest absolute Gasteiger partial charge is 0.356 e. The lowest BCUT2D eigenvalue weighted by molar-refractivity contribution is -0.148. The van der Waals surface area contributed by atoms with E-state index in [-0.39, 0.29) is 11.9 Å². The van der Waals surface area contributed by atoms with Gasteiger partial charge in [0, 0.05) is 20.1 Å². The molecular weight excluding hydrogens is 322 g/mol. The van der Waals surface area contributed by atoms with Gasteiger partial charge >= 0.3 is 11.9 Å². The fourth-order valence-corrected chi connectivity index (χ4v) is 3.19. The van der Waals surface area contributed by atoms with E-state index in [2.05, 4.69) is 16.0 Å². The molecule has 7 heteroatoms. The highest BCUT2D eigenvalue weighted by molar-refractivity contribution is 5.89. The van der Waals surface area contributed by atoms with Crippen LogP contribution in [0.4, 0.5) is 5.95 Å². The van der Waals surface area contributed by atoms with E-state index >= 15 is 0 Å². The third-order valence-corrected chi connectivity index (χ3v) is 4.71. The molecule has 0 atom stereocenters. The van der Waals surface area contributed by atoms with Crippen LogP contribution in [0.2, 0.25) is 0 Å². The molecule has 1 aliphatic rings. The van der Waals surface area contributed by atoms with Gasteiger partial charge in [0.25, 0.3) is 0 Å². The van der Waals surface area contributed by atoms with Crippen molar-refractivity contribution in [3.63, 3.8) is 0 Å². The zero-order chi connectivity index (χ0) is 18.8. The topological polar surface area (TPSA) is 73.7 Å². The molecule has 2 heterocycles. The van der Waals surface area contributed by atoms with Crippen molar-refractivity contribution in [3.8, 4) is 0 Å². The second-order valence-corrected chi connectivity index (χ2v) is 6.67. The molecule has 0 saturated carbocycles. The molecule has 0 aliphatic carbocycles. The summed E-state index contributed by atoms with van der Waals surface area (Å²) in [6.45, 7) is 9.03. The van der Waals surface area contributed by atoms with Crippen LogP contribution in [0, 0.1) is 12.3 Å². The molecule has 0 aromatic carbocycles. The van der Waals surface area contributed by atoms with Gasteiger partial charge in [0.15, 0.2) is 5.69 Å². The van der Waals surface area contributed by atoms with Gasteiger partial charge in [-0.05, 0) is 34.1 Å². The van der Waals surface area contributed by atoms with E-state index in [9.17, 15) is 9.59 Å². The summed E-state index contributed by atoms with van der Waals surface area (Å²) in [5, 5.41) is 0. The van der Waals surface area contributed by atoms with Crippen LogP contribution in [0.1, 0.15) is 43.4 Å². The summed E-state index contributed by atoms with van der Waals surface area (Å²) in [4.78, 5) is 30.7. The van der Waals surface area contributed by atoms with E-state index in [4.69, 9.17) is 9.47 Å². The molecule has 0 spiro atoms. The normalized spacial score (nSPS) is 15.0. The molecule has 0 unspecified atom stereocenters. The predicted molar refractivity (Wildman–Crippen MR) is 94.6 cm³/mol. The Bertz CT molecular complexity index is 703. The van der Waals surface area contributed by atoms with Gasteiger partial charge in [-0.3, -0.25) is 4.79 Å². The SMILES string of the molecule is CCOC(=O)c1c(C)nc(N2CC=C(C(C)(C)C(=O)OC)CC2)n1C. The van der Waals surface area contributed by atoms with Gasteiger partial charge in [-0.15, -0.1) is 0 Å². The van der Waals surface area contributed by atoms with E-state index in [1.807, 2.05) is 20.9 Å². The third-order valence-electron chi connectivity index (χ3n) is 4.71. The monoisotopic (exact) mass is 349 g/mol. The molecule has 0 fully saturated rings. The van der Waals surface area contributed by atoms with Crippen LogP contribution < -0.4 is 4.90 Å². The van der Waals surface area contributed by atoms with Gasteiger partial charge in [-0.25, -0.2) is 9.78 Å². The standard InChI is InChI=1S/C18H27N3O4/c1-7-25-15(22)14-12(2)19-17(20(14)5)21-10-8-13(9-11-21)18(3,4)16(23)24-6/h8H,7,9-11H2,1-6H3. The van der Waals surface area contributed by atoms with E-state index in [0.717, 1.165) is 24.5 Å². The summed E-state index contributed by atoms with van der Waals surface area (Å²) in [5.41, 5.74) is 1.56. The zero-order valence-corrected chi connectivity index (χ0v) is 15.9. The number of ether oxygens (including phenoxy) is 2. The summed E-state index contributed by atoms with van der Waals surface area (Å²) in [7, 11) is 3.23. The predicted octanol–water partition coefficient (Wildman–Crippen LogP) is 2.24. The average molecular weight is 349 g/mol. The Morgan fingerprint density at radius 3 is 2.56 bits per heavy atom. The van der Waals surface area contributed by atoms with Crippen LogP contribution in [0.3, 0.4) is 0 Å². The Labute approximate surface area is 148 Å². The van der Waals surface area contributed by atoms with Crippen LogP contribution >= 0.6 is 0 Å². The van der Waals surface area contributed by atoms with E-state index in [1.54, 1.807) is 18.4 Å². The minimum atomic E-state index is -0.630. The Morgan fingerprint density at radius 2 is 2.04 bits per heavy atom. The molecule has 0 radical (unpaired) electrons. The molecule has 0 bridgehead atoms. The molecule has 2 rings (SSSR count). The molecule has 138 valence electrons. The number of anilines is 1. The van der Waals surface area contributed by atoms with Crippen LogP contribution in [0.25, 0.3) is 0 Å². The summed E-state index contributed by atoms with van der Waals surface area (Å²) >= 11 is 0. The van der Waals surface area contributed by atoms with Crippen LogP contribution in [-0.4, -0.2) is 48.3 Å². The lowest BCUT2D eigenvalue weighted by atomic mass is 9.81. The van der Waals surface area contributed by atoms with Crippen molar-refractivity contribution in [1.82, 2.24) is 9.55 Å². The second kappa shape index (κ2) is 7.29. The van der Waals surface area contributed by atoms with Gasteiger partial charge in [0.05, 0.1) is 24.8 Å². The molecule has 0 saturated heterocycles. The fourth-order valence-electron chi connectivity index (χ4n) is 3.19. The van der Waals surface area contributed by atoms with Crippen molar-refractivity contribution < 1.29 is 19.1 Å². The van der Waals surface area contributed by atoms with Gasteiger partial charge in [0.1, 0.15) is 0 Å². The molecule has 1 aromatic heterocycles. The molecule has 0 N–H and O–H groups in total. The third kappa shape index (κ3) is 3.55. The summed E-state index contributed by atoms with van der Waals surface area (Å²) < 4.78 is 11.8. The number of nitrogens with zero attached hydrogens (tertiary/aromatic N) is 3. The maximum atomic E-state index is 12.1. The first-order valence-electron chi connectivity index (χ1n) is 8.47. The largest absolute Gasteiger partial charge is 0.468 e. The first kappa shape index (κ1) is 19.0. The summed E-state index contributed by atoms with van der Waals surface area (Å²) in [5.74, 6) is 0.137. The molecular formula is C18H27N3O4. The highest BCUT2D eigenvalue weighted by Crippen LogP contribution is 2.33. The molecule has 1 aliphatic heterocycles. The number of esters is 2. The van der Waals surface area contributed by atoms with Crippen LogP contribution in [0.5, 0.6) is 0 Å². The number of imidazole rings is 1. The fraction of sp³-hybridized carbons (Fsp3) is 0.611. The first-order valence-corrected chi connectivity index (χ1v) is 8.47. The zero-order valence-electron chi connectivity index (χ0n) is 15.9. The van der Waals surface area contributed by atoms with E-state index in [0.29, 0.717) is 24.5 Å². The lowest BCUT2D eigenvalue weighted by Gasteiger charge is -2.33. The summed E-state index contributed by atoms with van der Waals surface area (Å²) in [6.07, 6.45) is 2.79. The number of aryl methyl sites for hydroxylation is 1. The van der Waals surface area contributed by atoms with Gasteiger partial charge in [0.2, 0.25) is 5.95 Å². The van der Waals surface area contributed by atoms with E-state index < -0.39 is 5.41 Å². The van der Waals surface area contributed by atoms with Crippen LogP contribution in [-0.2, 0) is 21.3 Å². The van der Waals surface area contributed by atoms with Crippen molar-refractivity contribution in [2.75, 3.05) is 31.7 Å². The quantitative estimate of drug-likeness (QED) is 0.600. The minimum Gasteiger partial charge on any atom is -0.468 e. The van der Waals surface area contributed by atoms with Crippen LogP contribution in [0.15, 0.2) is 11.6 Å². The Balaban J connectivity index is 2.22. The maximum absolute atomic E-state index is 12.1. The Morgan fingerprint density at radius 1 is 1.36 bits per heavy atom. The van der Waals surface area contributed by atoms with Crippen molar-refractivity contribution in [1.29, 1.82) is 0 Å². The minimum absolute atomic E-state index is 0.232. The average Bonchev–Trinajstić information content (AvgIpc) is 2.88. The van der Waals surface area contributed by atoms with Crippen molar-refractivity contribution in [2.45, 2.75) is 34.1 Å². The number of carbonyl (C=O) groups is 2. The highest BCUT2D eigenvalue weighted by Gasteiger charge is 2.35. The van der Waals surface area contributed by atoms with Crippen molar-refractivity contribution in [2.24, 2.45) is 12.5 Å². The van der Waals surface area contributed by atoms with Gasteiger partial charge in [-0.2, -0.15) is 0 Å². The Kier molecular flexibility index (Phi) is 5.55. The molecule has 1 aromatic rings. The molecule has 7 nitrogen and oxygen atoms in total. The van der Waals surface area contributed by atoms with Crippen molar-refractivity contribution >= 4 is 17.9 Å². The number of carbonyl (C=O) groups excluding carboxylic acids is 2. The maximum Gasteiger partial charge on any atom is 0.356 e. The molecule has 0 amide bonds. The second-order valence-electron chi connectivity index (χ2n) is 6.67. The number of aromatic nitrogens is 2. The lowest BCUT2D eigenvalue weighted by Crippen LogP contribution is -2.36. The van der Waals surface area contributed by atoms with Gasteiger partial charge < -0.3 is 18.9 Å². The number of hydrogen-bond donors (Lipinski definition) is 0. The number of hydrogen-bond acceptors (Lipinski definition) is 6. The number of methoxy groups -OCH3 is 1. The Hall–Kier alpha value is -2.31. The summed E-state index contributed by atoms with van der Waals surface area (Å²) in [6, 6.07) is 0. The molecule has 25 heavy (non-hydrogen) atoms. The van der Waals surface area contributed by atoms with E-state index in [1.165, 1.54) is 7.11 Å². The van der Waals surface area contributed by atoms with Gasteiger partial charge in [-0.1, -0.05) is 11.6 Å².